The van der Waals surface area contributed by atoms with Gasteiger partial charge in [-0.3, -0.25) is 4.57 Å². The Balaban J connectivity index is 2.78. The average molecular weight is 344 g/mol. The predicted octanol–water partition coefficient (Wildman–Crippen LogP) is 2.20. The van der Waals surface area contributed by atoms with Crippen molar-refractivity contribution in [3.05, 3.63) is 27.3 Å². The maximum Gasteiger partial charge on any atom is 0.369 e. The van der Waals surface area contributed by atoms with Gasteiger partial charge in [0.1, 0.15) is 5.76 Å². The molecule has 1 heterocycles. The predicted molar refractivity (Wildman–Crippen MR) is 83.5 cm³/mol. The minimum absolute atomic E-state index is 0.0244. The van der Waals surface area contributed by atoms with Gasteiger partial charge in [0.05, 0.1) is 25.9 Å². The molecule has 0 saturated carbocycles. The number of esters is 1. The molecule has 1 aromatic rings. The summed E-state index contributed by atoms with van der Waals surface area (Å²) in [7, 11) is -2.76. The number of aryl methyl sites for hydroxylation is 1. The van der Waals surface area contributed by atoms with Crippen molar-refractivity contribution < 1.29 is 27.6 Å². The minimum Gasteiger partial charge on any atom is -0.465 e. The van der Waals surface area contributed by atoms with Crippen LogP contribution < -0.4 is 10.9 Å². The molecule has 0 spiro atoms. The summed E-state index contributed by atoms with van der Waals surface area (Å²) in [5, 5.41) is -0.353. The van der Waals surface area contributed by atoms with E-state index in [0.717, 1.165) is 12.8 Å². The van der Waals surface area contributed by atoms with Crippen LogP contribution in [0.25, 0.3) is 0 Å². The Hall–Kier alpha value is -1.43. The molecular formula is C15H21O7P. The van der Waals surface area contributed by atoms with Gasteiger partial charge in [0, 0.05) is 12.0 Å². The van der Waals surface area contributed by atoms with Crippen molar-refractivity contribution in [3.63, 3.8) is 0 Å². The third kappa shape index (κ3) is 3.42. The Morgan fingerprint density at radius 3 is 2.35 bits per heavy atom. The van der Waals surface area contributed by atoms with Crippen molar-refractivity contribution >= 4 is 18.9 Å². The molecule has 0 aliphatic heterocycles. The monoisotopic (exact) mass is 344 g/mol. The van der Waals surface area contributed by atoms with Crippen LogP contribution in [0.2, 0.25) is 0 Å². The van der Waals surface area contributed by atoms with Crippen LogP contribution in [0.15, 0.2) is 9.21 Å². The Morgan fingerprint density at radius 1 is 1.17 bits per heavy atom. The molecule has 128 valence electrons. The molecule has 0 fully saturated rings. The number of carbonyl (C=O) groups excluding carboxylic acids is 1. The van der Waals surface area contributed by atoms with E-state index < -0.39 is 19.2 Å². The van der Waals surface area contributed by atoms with Crippen molar-refractivity contribution in [2.45, 2.75) is 39.5 Å². The number of methoxy groups -OCH3 is 1. The van der Waals surface area contributed by atoms with Crippen LogP contribution in [-0.2, 0) is 31.2 Å². The minimum atomic E-state index is -3.97. The first-order chi connectivity index (χ1) is 11.0. The third-order valence-electron chi connectivity index (χ3n) is 3.63. The van der Waals surface area contributed by atoms with E-state index in [4.69, 9.17) is 18.2 Å². The lowest BCUT2D eigenvalue weighted by molar-refractivity contribution is 0.0598. The number of hydrogen-bond acceptors (Lipinski definition) is 7. The van der Waals surface area contributed by atoms with E-state index >= 15 is 0 Å². The van der Waals surface area contributed by atoms with Gasteiger partial charge >= 0.3 is 19.2 Å². The van der Waals surface area contributed by atoms with Crippen molar-refractivity contribution in [1.29, 1.82) is 0 Å². The second kappa shape index (κ2) is 7.43. The smallest absolute Gasteiger partial charge is 0.369 e. The van der Waals surface area contributed by atoms with Crippen LogP contribution in [-0.4, -0.2) is 26.3 Å². The largest absolute Gasteiger partial charge is 0.465 e. The van der Waals surface area contributed by atoms with Gasteiger partial charge < -0.3 is 18.2 Å². The van der Waals surface area contributed by atoms with Gasteiger partial charge in [-0.2, -0.15) is 0 Å². The molecule has 7 nitrogen and oxygen atoms in total. The van der Waals surface area contributed by atoms with Crippen molar-refractivity contribution in [3.8, 4) is 0 Å². The molecule has 23 heavy (non-hydrogen) atoms. The first kappa shape index (κ1) is 17.9. The van der Waals surface area contributed by atoms with Gasteiger partial charge in [-0.15, -0.1) is 0 Å². The molecule has 0 N–H and O–H groups in total. The van der Waals surface area contributed by atoms with Crippen molar-refractivity contribution in [2.75, 3.05) is 20.3 Å². The maximum absolute atomic E-state index is 13.1. The molecule has 0 aromatic carbocycles. The van der Waals surface area contributed by atoms with Crippen LogP contribution >= 0.6 is 7.60 Å². The molecule has 0 atom stereocenters. The van der Waals surface area contributed by atoms with Crippen molar-refractivity contribution in [1.82, 2.24) is 0 Å². The fourth-order valence-electron chi connectivity index (χ4n) is 2.74. The lowest BCUT2D eigenvalue weighted by Crippen LogP contribution is -2.35. The second-order valence-corrected chi connectivity index (χ2v) is 7.01. The zero-order valence-electron chi connectivity index (χ0n) is 13.5. The van der Waals surface area contributed by atoms with Crippen LogP contribution in [0.4, 0.5) is 0 Å². The number of hydrogen-bond donors (Lipinski definition) is 0. The van der Waals surface area contributed by atoms with E-state index in [1.807, 2.05) is 0 Å². The van der Waals surface area contributed by atoms with Gasteiger partial charge in [-0.1, -0.05) is 0 Å². The fourth-order valence-corrected chi connectivity index (χ4v) is 4.52. The molecule has 1 aliphatic rings. The Bertz CT molecular complexity index is 682. The first-order valence-corrected chi connectivity index (χ1v) is 9.19. The van der Waals surface area contributed by atoms with Gasteiger partial charge in [0.15, 0.2) is 5.30 Å². The Kier molecular flexibility index (Phi) is 5.79. The van der Waals surface area contributed by atoms with E-state index in [0.29, 0.717) is 24.2 Å². The number of rotatable bonds is 6. The van der Waals surface area contributed by atoms with Crippen LogP contribution in [0, 0.1) is 0 Å². The highest BCUT2D eigenvalue weighted by Gasteiger charge is 2.39. The molecule has 0 unspecified atom stereocenters. The summed E-state index contributed by atoms with van der Waals surface area (Å²) in [6, 6.07) is 0. The lowest BCUT2D eigenvalue weighted by atomic mass is 9.93. The SMILES string of the molecule is CCOP(=O)(OCC)c1c(C(=O)OC)c2c(oc1=O)CCCC2. The lowest BCUT2D eigenvalue weighted by Gasteiger charge is -2.22. The molecule has 0 amide bonds. The summed E-state index contributed by atoms with van der Waals surface area (Å²) < 4.78 is 33.6. The summed E-state index contributed by atoms with van der Waals surface area (Å²) >= 11 is 0. The van der Waals surface area contributed by atoms with E-state index in [9.17, 15) is 14.2 Å². The van der Waals surface area contributed by atoms with Crippen molar-refractivity contribution in [2.24, 2.45) is 0 Å². The summed E-state index contributed by atoms with van der Waals surface area (Å²) in [6.45, 7) is 3.38. The van der Waals surface area contributed by atoms with Gasteiger partial charge in [0.2, 0.25) is 0 Å². The highest BCUT2D eigenvalue weighted by Crippen LogP contribution is 2.47. The topological polar surface area (TPSA) is 92.0 Å². The normalized spacial score (nSPS) is 14.4. The zero-order valence-corrected chi connectivity index (χ0v) is 14.4. The summed E-state index contributed by atoms with van der Waals surface area (Å²) in [5.74, 6) is -0.282. The molecular weight excluding hydrogens is 323 g/mol. The molecule has 1 aromatic heterocycles. The zero-order chi connectivity index (χ0) is 17.0. The molecule has 1 aliphatic carbocycles. The van der Waals surface area contributed by atoms with Gasteiger partial charge in [-0.25, -0.2) is 9.59 Å². The Morgan fingerprint density at radius 2 is 1.78 bits per heavy atom. The highest BCUT2D eigenvalue weighted by atomic mass is 31.2. The molecule has 2 rings (SSSR count). The maximum atomic E-state index is 13.1. The molecule has 0 radical (unpaired) electrons. The number of carbonyl (C=O) groups is 1. The van der Waals surface area contributed by atoms with E-state index in [1.165, 1.54) is 7.11 Å². The number of ether oxygens (including phenoxy) is 1. The standard InChI is InChI=1S/C15H21O7P/c1-4-20-23(18,21-5-2)13-12(14(16)19-3)10-8-6-7-9-11(10)22-15(13)17/h4-9H2,1-3H3. The fraction of sp³-hybridized carbons (Fsp3) is 0.600. The summed E-state index contributed by atoms with van der Waals surface area (Å²) in [5.41, 5.74) is -0.322. The van der Waals surface area contributed by atoms with Crippen LogP contribution in [0.1, 0.15) is 48.4 Å². The number of fused-ring (bicyclic) bond motifs is 1. The first-order valence-electron chi connectivity index (χ1n) is 7.65. The van der Waals surface area contributed by atoms with E-state index in [-0.39, 0.29) is 24.1 Å². The molecule has 0 bridgehead atoms. The van der Waals surface area contributed by atoms with Gasteiger partial charge in [0.25, 0.3) is 0 Å². The summed E-state index contributed by atoms with van der Waals surface area (Å²) in [6.07, 6.45) is 2.82. The van der Waals surface area contributed by atoms with Crippen LogP contribution in [0.5, 0.6) is 0 Å². The highest BCUT2D eigenvalue weighted by molar-refractivity contribution is 7.62. The molecule has 8 heteroatoms. The quantitative estimate of drug-likeness (QED) is 0.577. The molecule has 0 saturated heterocycles. The van der Waals surface area contributed by atoms with Crippen LogP contribution in [0.3, 0.4) is 0 Å². The Labute approximate surface area is 134 Å². The average Bonchev–Trinajstić information content (AvgIpc) is 2.53. The van der Waals surface area contributed by atoms with E-state index in [1.54, 1.807) is 13.8 Å². The van der Waals surface area contributed by atoms with E-state index in [2.05, 4.69) is 0 Å². The van der Waals surface area contributed by atoms with Gasteiger partial charge in [-0.05, 0) is 33.1 Å². The summed E-state index contributed by atoms with van der Waals surface area (Å²) in [4.78, 5) is 24.7. The second-order valence-electron chi connectivity index (χ2n) is 5.05. The third-order valence-corrected chi connectivity index (χ3v) is 5.78.